The lowest BCUT2D eigenvalue weighted by Gasteiger charge is -2.02. The van der Waals surface area contributed by atoms with E-state index in [1.807, 2.05) is 0 Å². The number of rotatable bonds is 2. The topological polar surface area (TPSA) is 55.1 Å². The fraction of sp³-hybridized carbons (Fsp3) is 0.0909. The zero-order valence-electron chi connectivity index (χ0n) is 8.83. The third-order valence-electron chi connectivity index (χ3n) is 2.05. The summed E-state index contributed by atoms with van der Waals surface area (Å²) >= 11 is 3.01. The van der Waals surface area contributed by atoms with E-state index in [-0.39, 0.29) is 10.4 Å². The van der Waals surface area contributed by atoms with Crippen LogP contribution < -0.4 is 5.32 Å². The molecular formula is C11H8BrFN2O2. The van der Waals surface area contributed by atoms with E-state index < -0.39 is 5.82 Å². The van der Waals surface area contributed by atoms with Gasteiger partial charge in [0.1, 0.15) is 11.6 Å². The second-order valence-electron chi connectivity index (χ2n) is 3.41. The van der Waals surface area contributed by atoms with Gasteiger partial charge in [-0.25, -0.2) is 4.39 Å². The molecule has 1 heterocycles. The molecule has 0 aliphatic heterocycles. The van der Waals surface area contributed by atoms with Crippen LogP contribution in [0.1, 0.15) is 16.1 Å². The molecule has 1 N–H and O–H groups in total. The Balaban J connectivity index is 2.17. The average molecular weight is 299 g/mol. The van der Waals surface area contributed by atoms with Gasteiger partial charge in [-0.3, -0.25) is 4.79 Å². The predicted octanol–water partition coefficient (Wildman–Crippen LogP) is 3.14. The highest BCUT2D eigenvalue weighted by Crippen LogP contribution is 2.18. The molecule has 2 rings (SSSR count). The highest BCUT2D eigenvalue weighted by Gasteiger charge is 2.10. The lowest BCUT2D eigenvalue weighted by atomic mass is 10.2. The Kier molecular flexibility index (Phi) is 3.23. The zero-order chi connectivity index (χ0) is 12.4. The van der Waals surface area contributed by atoms with Crippen LogP contribution in [-0.4, -0.2) is 11.1 Å². The number of benzene rings is 1. The van der Waals surface area contributed by atoms with Crippen LogP contribution in [-0.2, 0) is 0 Å². The van der Waals surface area contributed by atoms with Crippen LogP contribution in [0.25, 0.3) is 0 Å². The van der Waals surface area contributed by atoms with Crippen LogP contribution in [0, 0.1) is 12.7 Å². The lowest BCUT2D eigenvalue weighted by molar-refractivity contribution is 0.102. The van der Waals surface area contributed by atoms with Gasteiger partial charge in [-0.1, -0.05) is 5.16 Å². The molecule has 0 bridgehead atoms. The van der Waals surface area contributed by atoms with E-state index in [1.165, 1.54) is 18.2 Å². The summed E-state index contributed by atoms with van der Waals surface area (Å²) in [6.45, 7) is 1.72. The van der Waals surface area contributed by atoms with Gasteiger partial charge in [-0.05, 0) is 41.1 Å². The number of aromatic nitrogens is 1. The van der Waals surface area contributed by atoms with Crippen LogP contribution in [0.4, 0.5) is 10.2 Å². The van der Waals surface area contributed by atoms with Gasteiger partial charge in [0.05, 0.1) is 4.47 Å². The first-order valence-electron chi connectivity index (χ1n) is 4.76. The van der Waals surface area contributed by atoms with Crippen LogP contribution in [0.3, 0.4) is 0 Å². The molecule has 1 aromatic heterocycles. The highest BCUT2D eigenvalue weighted by atomic mass is 79.9. The normalized spacial score (nSPS) is 10.3. The summed E-state index contributed by atoms with van der Waals surface area (Å²) in [4.78, 5) is 11.8. The van der Waals surface area contributed by atoms with Crippen molar-refractivity contribution < 1.29 is 13.7 Å². The maximum Gasteiger partial charge on any atom is 0.256 e. The first-order valence-corrected chi connectivity index (χ1v) is 5.55. The minimum absolute atomic E-state index is 0.237. The van der Waals surface area contributed by atoms with Gasteiger partial charge >= 0.3 is 0 Å². The van der Waals surface area contributed by atoms with Gasteiger partial charge in [0, 0.05) is 11.6 Å². The molecule has 0 spiro atoms. The standard InChI is InChI=1S/C11H8BrFN2O2/c1-6-4-10(15-17-6)14-11(16)7-2-3-9(13)8(12)5-7/h2-5H,1H3,(H,14,15,16). The molecule has 0 saturated carbocycles. The number of hydrogen-bond acceptors (Lipinski definition) is 3. The molecule has 17 heavy (non-hydrogen) atoms. The van der Waals surface area contributed by atoms with Crippen LogP contribution in [0.2, 0.25) is 0 Å². The maximum atomic E-state index is 13.0. The molecule has 4 nitrogen and oxygen atoms in total. The summed E-state index contributed by atoms with van der Waals surface area (Å²) in [7, 11) is 0. The van der Waals surface area contributed by atoms with Crippen molar-refractivity contribution in [2.24, 2.45) is 0 Å². The second kappa shape index (κ2) is 4.67. The van der Waals surface area contributed by atoms with Gasteiger partial charge in [-0.2, -0.15) is 0 Å². The van der Waals surface area contributed by atoms with E-state index >= 15 is 0 Å². The molecule has 0 saturated heterocycles. The van der Waals surface area contributed by atoms with Crippen molar-refractivity contribution in [2.75, 3.05) is 5.32 Å². The van der Waals surface area contributed by atoms with E-state index in [1.54, 1.807) is 13.0 Å². The zero-order valence-corrected chi connectivity index (χ0v) is 10.4. The van der Waals surface area contributed by atoms with Gasteiger partial charge in [0.25, 0.3) is 5.91 Å². The molecule has 0 unspecified atom stereocenters. The number of nitrogens with one attached hydrogen (secondary N) is 1. The molecule has 0 aliphatic carbocycles. The number of carbonyl (C=O) groups is 1. The molecule has 1 amide bonds. The molecule has 88 valence electrons. The Bertz CT molecular complexity index is 568. The first-order chi connectivity index (χ1) is 8.06. The van der Waals surface area contributed by atoms with Crippen molar-refractivity contribution in [1.82, 2.24) is 5.16 Å². The maximum absolute atomic E-state index is 13.0. The fourth-order valence-corrected chi connectivity index (χ4v) is 1.63. The van der Waals surface area contributed by atoms with Crippen molar-refractivity contribution in [3.63, 3.8) is 0 Å². The molecule has 2 aromatic rings. The minimum atomic E-state index is -0.418. The number of carbonyl (C=O) groups excluding carboxylic acids is 1. The second-order valence-corrected chi connectivity index (χ2v) is 4.26. The molecule has 0 fully saturated rings. The summed E-state index contributed by atoms with van der Waals surface area (Å²) in [5.74, 6) is 0.131. The third-order valence-corrected chi connectivity index (χ3v) is 2.66. The van der Waals surface area contributed by atoms with Gasteiger partial charge in [0.15, 0.2) is 5.82 Å². The molecule has 0 aliphatic rings. The van der Waals surface area contributed by atoms with Crippen molar-refractivity contribution in [3.05, 3.63) is 45.9 Å². The highest BCUT2D eigenvalue weighted by molar-refractivity contribution is 9.10. The van der Waals surface area contributed by atoms with Crippen molar-refractivity contribution in [1.29, 1.82) is 0 Å². The third kappa shape index (κ3) is 2.71. The molecule has 1 aromatic carbocycles. The molecule has 0 atom stereocenters. The van der Waals surface area contributed by atoms with Gasteiger partial charge in [0.2, 0.25) is 0 Å². The number of nitrogens with zero attached hydrogens (tertiary/aromatic N) is 1. The number of aryl methyl sites for hydroxylation is 1. The molecular weight excluding hydrogens is 291 g/mol. The van der Waals surface area contributed by atoms with E-state index in [0.29, 0.717) is 17.1 Å². The Morgan fingerprint density at radius 2 is 2.24 bits per heavy atom. The molecule has 6 heteroatoms. The Hall–Kier alpha value is -1.69. The number of halogens is 2. The Morgan fingerprint density at radius 3 is 2.82 bits per heavy atom. The predicted molar refractivity (Wildman–Crippen MR) is 63.3 cm³/mol. The molecule has 0 radical (unpaired) electrons. The Labute approximate surface area is 105 Å². The van der Waals surface area contributed by atoms with E-state index in [2.05, 4.69) is 26.4 Å². The summed E-state index contributed by atoms with van der Waals surface area (Å²) < 4.78 is 18.0. The number of anilines is 1. The van der Waals surface area contributed by atoms with E-state index in [4.69, 9.17) is 4.52 Å². The van der Waals surface area contributed by atoms with Crippen LogP contribution >= 0.6 is 15.9 Å². The van der Waals surface area contributed by atoms with Crippen molar-refractivity contribution in [3.8, 4) is 0 Å². The SMILES string of the molecule is Cc1cc(NC(=O)c2ccc(F)c(Br)c2)no1. The van der Waals surface area contributed by atoms with Crippen molar-refractivity contribution in [2.45, 2.75) is 6.92 Å². The van der Waals surface area contributed by atoms with Gasteiger partial charge in [-0.15, -0.1) is 0 Å². The van der Waals surface area contributed by atoms with Gasteiger partial charge < -0.3 is 9.84 Å². The number of hydrogen-bond donors (Lipinski definition) is 1. The summed E-state index contributed by atoms with van der Waals surface area (Å²) in [5, 5.41) is 6.17. The fourth-order valence-electron chi connectivity index (χ4n) is 1.25. The van der Waals surface area contributed by atoms with E-state index in [9.17, 15) is 9.18 Å². The van der Waals surface area contributed by atoms with Crippen LogP contribution in [0.15, 0.2) is 33.3 Å². The lowest BCUT2D eigenvalue weighted by Crippen LogP contribution is -2.12. The Morgan fingerprint density at radius 1 is 1.47 bits per heavy atom. The number of amides is 1. The minimum Gasteiger partial charge on any atom is -0.360 e. The largest absolute Gasteiger partial charge is 0.360 e. The van der Waals surface area contributed by atoms with E-state index in [0.717, 1.165) is 0 Å². The summed E-state index contributed by atoms with van der Waals surface area (Å²) in [5.41, 5.74) is 0.332. The quantitative estimate of drug-likeness (QED) is 0.927. The first kappa shape index (κ1) is 11.8. The average Bonchev–Trinajstić information content (AvgIpc) is 2.68. The monoisotopic (exact) mass is 298 g/mol. The summed E-state index contributed by atoms with van der Waals surface area (Å²) in [6, 6.07) is 5.60. The summed E-state index contributed by atoms with van der Waals surface area (Å²) in [6.07, 6.45) is 0. The van der Waals surface area contributed by atoms with Crippen molar-refractivity contribution >= 4 is 27.7 Å². The smallest absolute Gasteiger partial charge is 0.256 e. The van der Waals surface area contributed by atoms with Crippen LogP contribution in [0.5, 0.6) is 0 Å².